The zero-order valence-corrected chi connectivity index (χ0v) is 6.72. The molecule has 0 N–H and O–H groups in total. The monoisotopic (exact) mass is 189 g/mol. The van der Waals surface area contributed by atoms with Gasteiger partial charge in [0.1, 0.15) is 0 Å². The molecule has 0 aliphatic heterocycles. The van der Waals surface area contributed by atoms with Gasteiger partial charge in [-0.25, -0.2) is 0 Å². The molecule has 1 heterocycles. The van der Waals surface area contributed by atoms with E-state index in [0.29, 0.717) is 0 Å². The van der Waals surface area contributed by atoms with Gasteiger partial charge in [-0.05, 0) is 13.0 Å². The zero-order chi connectivity index (χ0) is 10.1. The highest BCUT2D eigenvalue weighted by Gasteiger charge is 2.34. The van der Waals surface area contributed by atoms with Crippen molar-refractivity contribution in [3.63, 3.8) is 0 Å². The summed E-state index contributed by atoms with van der Waals surface area (Å²) in [6.45, 7) is 1.08. The van der Waals surface area contributed by atoms with Crippen LogP contribution in [-0.4, -0.2) is 10.8 Å². The molecule has 70 valence electrons. The summed E-state index contributed by atoms with van der Waals surface area (Å²) in [6.07, 6.45) is -2.57. The minimum atomic E-state index is -4.50. The predicted molar refractivity (Wildman–Crippen MR) is 39.2 cm³/mol. The van der Waals surface area contributed by atoms with Crippen molar-refractivity contribution in [3.05, 3.63) is 29.6 Å². The largest absolute Gasteiger partial charge is 0.417 e. The Balaban J connectivity index is 3.28. The van der Waals surface area contributed by atoms with E-state index in [9.17, 15) is 18.0 Å². The normalized spacial score (nSPS) is 11.4. The molecule has 0 spiro atoms. The maximum atomic E-state index is 12.2. The molecule has 0 saturated carbocycles. The van der Waals surface area contributed by atoms with Crippen LogP contribution in [-0.2, 0) is 6.18 Å². The lowest BCUT2D eigenvalue weighted by Gasteiger charge is -2.09. The van der Waals surface area contributed by atoms with Gasteiger partial charge in [-0.1, -0.05) is 0 Å². The Bertz CT molecular complexity index is 332. The summed E-state index contributed by atoms with van der Waals surface area (Å²) in [5, 5.41) is 0. The van der Waals surface area contributed by atoms with Crippen molar-refractivity contribution in [1.82, 2.24) is 4.98 Å². The Morgan fingerprint density at radius 1 is 1.46 bits per heavy atom. The van der Waals surface area contributed by atoms with E-state index in [1.807, 2.05) is 0 Å². The van der Waals surface area contributed by atoms with E-state index in [1.165, 1.54) is 0 Å². The van der Waals surface area contributed by atoms with Crippen molar-refractivity contribution >= 4 is 5.78 Å². The third-order valence-corrected chi connectivity index (χ3v) is 1.51. The van der Waals surface area contributed by atoms with Gasteiger partial charge in [0.15, 0.2) is 5.78 Å². The van der Waals surface area contributed by atoms with Crippen LogP contribution in [0, 0.1) is 0 Å². The van der Waals surface area contributed by atoms with Gasteiger partial charge in [0.25, 0.3) is 0 Å². The first-order chi connectivity index (χ1) is 5.93. The summed E-state index contributed by atoms with van der Waals surface area (Å²) in [5.41, 5.74) is -1.33. The molecule has 0 bridgehead atoms. The number of hydrogen-bond donors (Lipinski definition) is 0. The fourth-order valence-corrected chi connectivity index (χ4v) is 0.922. The first-order valence-electron chi connectivity index (χ1n) is 3.45. The van der Waals surface area contributed by atoms with Crippen LogP contribution in [0.4, 0.5) is 13.2 Å². The number of rotatable bonds is 1. The molecular weight excluding hydrogens is 183 g/mol. The summed E-state index contributed by atoms with van der Waals surface area (Å²) in [5.74, 6) is -0.638. The second kappa shape index (κ2) is 3.16. The average Bonchev–Trinajstić information content (AvgIpc) is 2.03. The molecule has 1 aromatic rings. The van der Waals surface area contributed by atoms with E-state index in [-0.39, 0.29) is 0 Å². The number of hydrogen-bond acceptors (Lipinski definition) is 2. The van der Waals surface area contributed by atoms with Crippen LogP contribution in [0.25, 0.3) is 0 Å². The molecule has 0 atom stereocenters. The standard InChI is InChI=1S/C8H6F3NO/c1-5(13)6-4-12-3-2-7(6)8(9,10)11/h2-4H,1H3. The Hall–Kier alpha value is -1.39. The summed E-state index contributed by atoms with van der Waals surface area (Å²) in [4.78, 5) is 14.2. The number of aromatic nitrogens is 1. The maximum absolute atomic E-state index is 12.2. The van der Waals surface area contributed by atoms with E-state index in [4.69, 9.17) is 0 Å². The van der Waals surface area contributed by atoms with E-state index in [2.05, 4.69) is 4.98 Å². The summed E-state index contributed by atoms with van der Waals surface area (Å²) >= 11 is 0. The number of alkyl halides is 3. The SMILES string of the molecule is CC(=O)c1cnccc1C(F)(F)F. The van der Waals surface area contributed by atoms with E-state index >= 15 is 0 Å². The molecule has 2 nitrogen and oxygen atoms in total. The van der Waals surface area contributed by atoms with E-state index in [0.717, 1.165) is 25.4 Å². The van der Waals surface area contributed by atoms with Crippen molar-refractivity contribution in [2.45, 2.75) is 13.1 Å². The highest BCUT2D eigenvalue weighted by atomic mass is 19.4. The fourth-order valence-electron chi connectivity index (χ4n) is 0.922. The van der Waals surface area contributed by atoms with Crippen molar-refractivity contribution in [3.8, 4) is 0 Å². The van der Waals surface area contributed by atoms with Gasteiger partial charge in [0, 0.05) is 18.0 Å². The molecule has 0 amide bonds. The Morgan fingerprint density at radius 2 is 2.08 bits per heavy atom. The van der Waals surface area contributed by atoms with Gasteiger partial charge in [-0.15, -0.1) is 0 Å². The lowest BCUT2D eigenvalue weighted by Crippen LogP contribution is -2.11. The Morgan fingerprint density at radius 3 is 2.46 bits per heavy atom. The topological polar surface area (TPSA) is 30.0 Å². The van der Waals surface area contributed by atoms with Gasteiger partial charge < -0.3 is 0 Å². The number of ketones is 1. The van der Waals surface area contributed by atoms with Crippen LogP contribution in [0.5, 0.6) is 0 Å². The Labute approximate surface area is 72.4 Å². The van der Waals surface area contributed by atoms with Crippen LogP contribution in [0.1, 0.15) is 22.8 Å². The molecule has 0 aromatic carbocycles. The molecule has 1 aromatic heterocycles. The second-order valence-electron chi connectivity index (χ2n) is 2.48. The first kappa shape index (κ1) is 9.70. The zero-order valence-electron chi connectivity index (χ0n) is 6.72. The number of carbonyl (C=O) groups is 1. The minimum absolute atomic E-state index is 0.394. The number of Topliss-reactive ketones (excluding diaryl/α,β-unsaturated/α-hetero) is 1. The van der Waals surface area contributed by atoms with Crippen LogP contribution >= 0.6 is 0 Å². The van der Waals surface area contributed by atoms with E-state index < -0.39 is 23.1 Å². The Kier molecular flexibility index (Phi) is 2.36. The molecule has 13 heavy (non-hydrogen) atoms. The number of halogens is 3. The van der Waals surface area contributed by atoms with Gasteiger partial charge in [0.2, 0.25) is 0 Å². The molecule has 5 heteroatoms. The van der Waals surface area contributed by atoms with Gasteiger partial charge in [-0.3, -0.25) is 9.78 Å². The summed E-state index contributed by atoms with van der Waals surface area (Å²) in [7, 11) is 0. The first-order valence-corrected chi connectivity index (χ1v) is 3.45. The highest BCUT2D eigenvalue weighted by molar-refractivity contribution is 5.95. The summed E-state index contributed by atoms with van der Waals surface area (Å²) < 4.78 is 36.7. The smallest absolute Gasteiger partial charge is 0.294 e. The molecule has 0 fully saturated rings. The third kappa shape index (κ3) is 2.05. The molecule has 0 saturated heterocycles. The van der Waals surface area contributed by atoms with Crippen molar-refractivity contribution in [1.29, 1.82) is 0 Å². The maximum Gasteiger partial charge on any atom is 0.417 e. The van der Waals surface area contributed by atoms with Crippen molar-refractivity contribution in [2.75, 3.05) is 0 Å². The fraction of sp³-hybridized carbons (Fsp3) is 0.250. The molecule has 0 aliphatic carbocycles. The van der Waals surface area contributed by atoms with Crippen molar-refractivity contribution < 1.29 is 18.0 Å². The minimum Gasteiger partial charge on any atom is -0.294 e. The predicted octanol–water partition coefficient (Wildman–Crippen LogP) is 2.30. The second-order valence-corrected chi connectivity index (χ2v) is 2.48. The number of pyridine rings is 1. The third-order valence-electron chi connectivity index (χ3n) is 1.51. The lowest BCUT2D eigenvalue weighted by atomic mass is 10.1. The molecular formula is C8H6F3NO. The molecule has 1 rings (SSSR count). The molecule has 0 aliphatic rings. The van der Waals surface area contributed by atoms with Gasteiger partial charge in [0.05, 0.1) is 5.56 Å². The van der Waals surface area contributed by atoms with Crippen molar-refractivity contribution in [2.24, 2.45) is 0 Å². The lowest BCUT2D eigenvalue weighted by molar-refractivity contribution is -0.138. The van der Waals surface area contributed by atoms with Crippen LogP contribution in [0.3, 0.4) is 0 Å². The molecule has 0 radical (unpaired) electrons. The summed E-state index contributed by atoms with van der Waals surface area (Å²) in [6, 6.07) is 0.788. The van der Waals surface area contributed by atoms with Crippen LogP contribution in [0.15, 0.2) is 18.5 Å². The molecule has 0 unspecified atom stereocenters. The quantitative estimate of drug-likeness (QED) is 0.634. The van der Waals surface area contributed by atoms with Crippen LogP contribution in [0.2, 0.25) is 0 Å². The van der Waals surface area contributed by atoms with Gasteiger partial charge in [-0.2, -0.15) is 13.2 Å². The number of nitrogens with zero attached hydrogens (tertiary/aromatic N) is 1. The average molecular weight is 189 g/mol. The number of carbonyl (C=O) groups excluding carboxylic acids is 1. The van der Waals surface area contributed by atoms with Crippen LogP contribution < -0.4 is 0 Å². The highest BCUT2D eigenvalue weighted by Crippen LogP contribution is 2.31. The van der Waals surface area contributed by atoms with E-state index in [1.54, 1.807) is 0 Å². The van der Waals surface area contributed by atoms with Gasteiger partial charge >= 0.3 is 6.18 Å².